The predicted molar refractivity (Wildman–Crippen MR) is 87.5 cm³/mol. The van der Waals surface area contributed by atoms with Gasteiger partial charge in [0, 0.05) is 19.6 Å². The average Bonchev–Trinajstić information content (AvgIpc) is 2.55. The number of anilines is 2. The molecule has 0 aromatic heterocycles. The van der Waals surface area contributed by atoms with Crippen molar-refractivity contribution in [3.8, 4) is 0 Å². The van der Waals surface area contributed by atoms with Crippen molar-refractivity contribution in [1.82, 2.24) is 0 Å². The molecule has 1 aliphatic heterocycles. The van der Waals surface area contributed by atoms with Crippen LogP contribution in [-0.4, -0.2) is 19.6 Å². The van der Waals surface area contributed by atoms with Crippen molar-refractivity contribution in [2.45, 2.75) is 38.5 Å². The van der Waals surface area contributed by atoms with Gasteiger partial charge in [-0.05, 0) is 56.6 Å². The average molecular weight is 270 g/mol. The van der Waals surface area contributed by atoms with Crippen LogP contribution < -0.4 is 10.2 Å². The molecule has 1 saturated heterocycles. The summed E-state index contributed by atoms with van der Waals surface area (Å²) < 4.78 is 0. The lowest BCUT2D eigenvalue weighted by Crippen LogP contribution is -2.30. The van der Waals surface area contributed by atoms with Gasteiger partial charge in [0.05, 0.1) is 11.4 Å². The summed E-state index contributed by atoms with van der Waals surface area (Å²) in [4.78, 5) is 2.55. The summed E-state index contributed by atoms with van der Waals surface area (Å²) in [6, 6.07) is 8.83. The number of para-hydroxylation sites is 2. The van der Waals surface area contributed by atoms with Gasteiger partial charge in [0.25, 0.3) is 0 Å². The van der Waals surface area contributed by atoms with Gasteiger partial charge in [-0.3, -0.25) is 0 Å². The molecular weight excluding hydrogens is 244 g/mol. The van der Waals surface area contributed by atoms with Crippen LogP contribution in [-0.2, 0) is 0 Å². The zero-order valence-electron chi connectivity index (χ0n) is 12.4. The van der Waals surface area contributed by atoms with Gasteiger partial charge in [0.2, 0.25) is 0 Å². The number of piperidine rings is 1. The molecule has 0 saturated carbocycles. The van der Waals surface area contributed by atoms with E-state index in [1.54, 1.807) is 0 Å². The molecule has 3 rings (SSSR count). The number of hydrogen-bond donors (Lipinski definition) is 1. The van der Waals surface area contributed by atoms with E-state index in [2.05, 4.69) is 46.6 Å². The first kappa shape index (κ1) is 13.5. The van der Waals surface area contributed by atoms with Crippen LogP contribution in [0.2, 0.25) is 0 Å². The minimum Gasteiger partial charge on any atom is -0.383 e. The second-order valence-corrected chi connectivity index (χ2v) is 6.10. The Kier molecular flexibility index (Phi) is 4.62. The van der Waals surface area contributed by atoms with E-state index in [9.17, 15) is 0 Å². The zero-order valence-corrected chi connectivity index (χ0v) is 12.4. The SMILES string of the molecule is C1=CCC(CNc2ccccc2N2CCCCC2)CC1. The van der Waals surface area contributed by atoms with E-state index in [4.69, 9.17) is 0 Å². The van der Waals surface area contributed by atoms with E-state index < -0.39 is 0 Å². The molecule has 1 aromatic carbocycles. The molecule has 1 atom stereocenters. The Morgan fingerprint density at radius 3 is 2.70 bits per heavy atom. The fourth-order valence-electron chi connectivity index (χ4n) is 3.33. The number of rotatable bonds is 4. The number of allylic oxidation sites excluding steroid dienone is 2. The normalized spacial score (nSPS) is 22.8. The molecule has 1 aromatic rings. The lowest BCUT2D eigenvalue weighted by Gasteiger charge is -2.31. The minimum atomic E-state index is 0.800. The van der Waals surface area contributed by atoms with Crippen LogP contribution in [0, 0.1) is 5.92 Å². The highest BCUT2D eigenvalue weighted by molar-refractivity contribution is 5.70. The van der Waals surface area contributed by atoms with Gasteiger partial charge in [0.15, 0.2) is 0 Å². The lowest BCUT2D eigenvalue weighted by atomic mass is 9.94. The van der Waals surface area contributed by atoms with Gasteiger partial charge in [0.1, 0.15) is 0 Å². The van der Waals surface area contributed by atoms with Crippen LogP contribution in [0.4, 0.5) is 11.4 Å². The molecular formula is C18H26N2. The molecule has 108 valence electrons. The van der Waals surface area contributed by atoms with Crippen molar-refractivity contribution >= 4 is 11.4 Å². The number of hydrogen-bond acceptors (Lipinski definition) is 2. The summed E-state index contributed by atoms with van der Waals surface area (Å²) in [6.07, 6.45) is 12.5. The van der Waals surface area contributed by atoms with Crippen LogP contribution in [0.3, 0.4) is 0 Å². The van der Waals surface area contributed by atoms with E-state index in [0.29, 0.717) is 0 Å². The first-order chi connectivity index (χ1) is 9.93. The summed E-state index contributed by atoms with van der Waals surface area (Å²) >= 11 is 0. The molecule has 1 heterocycles. The molecule has 2 aliphatic rings. The molecule has 0 bridgehead atoms. The standard InChI is InChI=1S/C18H26N2/c1-3-9-16(10-4-1)15-19-17-11-5-6-12-18(17)20-13-7-2-8-14-20/h1,3,5-6,11-12,16,19H,2,4,7-10,13-15H2. The quantitative estimate of drug-likeness (QED) is 0.813. The van der Waals surface area contributed by atoms with Crippen molar-refractivity contribution in [2.24, 2.45) is 5.92 Å². The van der Waals surface area contributed by atoms with Crippen molar-refractivity contribution in [3.63, 3.8) is 0 Å². The predicted octanol–water partition coefficient (Wildman–Crippen LogP) is 4.45. The highest BCUT2D eigenvalue weighted by atomic mass is 15.1. The first-order valence-corrected chi connectivity index (χ1v) is 8.16. The Balaban J connectivity index is 1.64. The third kappa shape index (κ3) is 3.36. The molecule has 0 radical (unpaired) electrons. The van der Waals surface area contributed by atoms with E-state index in [1.807, 2.05) is 0 Å². The van der Waals surface area contributed by atoms with Gasteiger partial charge in [-0.1, -0.05) is 24.3 Å². The molecule has 1 fully saturated rings. The van der Waals surface area contributed by atoms with Crippen LogP contribution in [0.5, 0.6) is 0 Å². The fourth-order valence-corrected chi connectivity index (χ4v) is 3.33. The smallest absolute Gasteiger partial charge is 0.0602 e. The van der Waals surface area contributed by atoms with Crippen molar-refractivity contribution in [1.29, 1.82) is 0 Å². The number of nitrogens with zero attached hydrogens (tertiary/aromatic N) is 1. The first-order valence-electron chi connectivity index (χ1n) is 8.16. The summed E-state index contributed by atoms with van der Waals surface area (Å²) in [5, 5.41) is 3.70. The molecule has 1 N–H and O–H groups in total. The fraction of sp³-hybridized carbons (Fsp3) is 0.556. The molecule has 0 spiro atoms. The topological polar surface area (TPSA) is 15.3 Å². The van der Waals surface area contributed by atoms with Crippen molar-refractivity contribution < 1.29 is 0 Å². The monoisotopic (exact) mass is 270 g/mol. The Morgan fingerprint density at radius 1 is 1.05 bits per heavy atom. The van der Waals surface area contributed by atoms with Gasteiger partial charge < -0.3 is 10.2 Å². The second-order valence-electron chi connectivity index (χ2n) is 6.10. The van der Waals surface area contributed by atoms with Crippen LogP contribution in [0.1, 0.15) is 38.5 Å². The van der Waals surface area contributed by atoms with E-state index in [-0.39, 0.29) is 0 Å². The van der Waals surface area contributed by atoms with Gasteiger partial charge in [-0.2, -0.15) is 0 Å². The number of benzene rings is 1. The van der Waals surface area contributed by atoms with E-state index in [1.165, 1.54) is 63.0 Å². The Bertz CT molecular complexity index is 446. The highest BCUT2D eigenvalue weighted by Crippen LogP contribution is 2.29. The van der Waals surface area contributed by atoms with Crippen molar-refractivity contribution in [2.75, 3.05) is 29.9 Å². The van der Waals surface area contributed by atoms with Gasteiger partial charge >= 0.3 is 0 Å². The van der Waals surface area contributed by atoms with E-state index >= 15 is 0 Å². The lowest BCUT2D eigenvalue weighted by molar-refractivity contribution is 0.504. The third-order valence-corrected chi connectivity index (χ3v) is 4.56. The Hall–Kier alpha value is -1.44. The second kappa shape index (κ2) is 6.83. The summed E-state index contributed by atoms with van der Waals surface area (Å²) in [7, 11) is 0. The van der Waals surface area contributed by atoms with E-state index in [0.717, 1.165) is 12.5 Å². The molecule has 0 amide bonds. The molecule has 2 heteroatoms. The molecule has 1 aliphatic carbocycles. The summed E-state index contributed by atoms with van der Waals surface area (Å²) in [5.41, 5.74) is 2.72. The summed E-state index contributed by atoms with van der Waals surface area (Å²) in [5.74, 6) is 0.800. The van der Waals surface area contributed by atoms with Crippen LogP contribution in [0.15, 0.2) is 36.4 Å². The maximum atomic E-state index is 3.70. The third-order valence-electron chi connectivity index (χ3n) is 4.56. The zero-order chi connectivity index (χ0) is 13.6. The maximum absolute atomic E-state index is 3.70. The maximum Gasteiger partial charge on any atom is 0.0602 e. The Morgan fingerprint density at radius 2 is 1.90 bits per heavy atom. The van der Waals surface area contributed by atoms with Crippen molar-refractivity contribution in [3.05, 3.63) is 36.4 Å². The largest absolute Gasteiger partial charge is 0.383 e. The number of nitrogens with one attached hydrogen (secondary N) is 1. The van der Waals surface area contributed by atoms with Crippen LogP contribution >= 0.6 is 0 Å². The van der Waals surface area contributed by atoms with Gasteiger partial charge in [-0.15, -0.1) is 0 Å². The Labute approximate surface area is 122 Å². The summed E-state index contributed by atoms with van der Waals surface area (Å²) in [6.45, 7) is 3.53. The molecule has 20 heavy (non-hydrogen) atoms. The molecule has 2 nitrogen and oxygen atoms in total. The van der Waals surface area contributed by atoms with Gasteiger partial charge in [-0.25, -0.2) is 0 Å². The van der Waals surface area contributed by atoms with Crippen LogP contribution in [0.25, 0.3) is 0 Å². The minimum absolute atomic E-state index is 0.800. The highest BCUT2D eigenvalue weighted by Gasteiger charge is 2.15. The molecule has 1 unspecified atom stereocenters.